The van der Waals surface area contributed by atoms with E-state index in [1.54, 1.807) is 0 Å². The highest BCUT2D eigenvalue weighted by Crippen LogP contribution is 2.35. The number of aliphatic carboxylic acids is 1. The van der Waals surface area contributed by atoms with Crippen LogP contribution < -0.4 is 0 Å². The Hall–Kier alpha value is -0.570. The van der Waals surface area contributed by atoms with Crippen molar-refractivity contribution in [3.05, 3.63) is 0 Å². The molecule has 0 bridgehead atoms. The molecule has 1 aliphatic heterocycles. The minimum Gasteiger partial charge on any atom is -0.481 e. The molecule has 2 unspecified atom stereocenters. The molecular weight excluding hydrogens is 202 g/mol. The van der Waals surface area contributed by atoms with E-state index in [0.717, 1.165) is 25.4 Å². The van der Waals surface area contributed by atoms with Gasteiger partial charge in [0.1, 0.15) is 0 Å². The maximum atomic E-state index is 11.2. The van der Waals surface area contributed by atoms with E-state index in [2.05, 4.69) is 11.8 Å². The van der Waals surface area contributed by atoms with Gasteiger partial charge in [-0.05, 0) is 39.2 Å². The summed E-state index contributed by atoms with van der Waals surface area (Å²) in [4.78, 5) is 13.5. The van der Waals surface area contributed by atoms with Gasteiger partial charge in [0, 0.05) is 12.6 Å². The van der Waals surface area contributed by atoms with E-state index >= 15 is 0 Å². The Balaban J connectivity index is 1.84. The molecule has 1 heterocycles. The second kappa shape index (κ2) is 4.36. The summed E-state index contributed by atoms with van der Waals surface area (Å²) in [5, 5.41) is 9.18. The van der Waals surface area contributed by atoms with Crippen LogP contribution in [-0.4, -0.2) is 35.1 Å². The molecule has 0 aromatic heterocycles. The second-order valence-corrected chi connectivity index (χ2v) is 5.97. The van der Waals surface area contributed by atoms with Crippen LogP contribution >= 0.6 is 0 Å². The van der Waals surface area contributed by atoms with E-state index in [0.29, 0.717) is 6.04 Å². The third-order valence-electron chi connectivity index (χ3n) is 4.54. The SMILES string of the molecule is CC(CC1CCC1)N1CCC(C)(C(=O)O)C1. The van der Waals surface area contributed by atoms with Gasteiger partial charge in [-0.3, -0.25) is 9.69 Å². The summed E-state index contributed by atoms with van der Waals surface area (Å²) in [5.74, 6) is 0.275. The molecule has 2 atom stereocenters. The molecule has 16 heavy (non-hydrogen) atoms. The lowest BCUT2D eigenvalue weighted by Crippen LogP contribution is -2.37. The first-order chi connectivity index (χ1) is 7.51. The zero-order chi connectivity index (χ0) is 11.8. The van der Waals surface area contributed by atoms with Crippen molar-refractivity contribution in [3.63, 3.8) is 0 Å². The average Bonchev–Trinajstić information content (AvgIpc) is 2.56. The van der Waals surface area contributed by atoms with Gasteiger partial charge >= 0.3 is 5.97 Å². The number of hydrogen-bond donors (Lipinski definition) is 1. The van der Waals surface area contributed by atoms with Crippen LogP contribution in [0.1, 0.15) is 46.0 Å². The monoisotopic (exact) mass is 225 g/mol. The second-order valence-electron chi connectivity index (χ2n) is 5.97. The van der Waals surface area contributed by atoms with Crippen LogP contribution in [0.3, 0.4) is 0 Å². The van der Waals surface area contributed by atoms with Crippen LogP contribution in [0.25, 0.3) is 0 Å². The molecule has 2 aliphatic rings. The Kier molecular flexibility index (Phi) is 3.24. The predicted octanol–water partition coefficient (Wildman–Crippen LogP) is 2.36. The molecule has 0 spiro atoms. The number of likely N-dealkylation sites (tertiary alicyclic amines) is 1. The van der Waals surface area contributed by atoms with Gasteiger partial charge in [0.2, 0.25) is 0 Å². The molecule has 0 radical (unpaired) electrons. The third-order valence-corrected chi connectivity index (χ3v) is 4.54. The van der Waals surface area contributed by atoms with Crippen molar-refractivity contribution in [2.45, 2.75) is 52.0 Å². The van der Waals surface area contributed by atoms with Crippen molar-refractivity contribution < 1.29 is 9.90 Å². The quantitative estimate of drug-likeness (QED) is 0.798. The van der Waals surface area contributed by atoms with Crippen molar-refractivity contribution in [2.24, 2.45) is 11.3 Å². The van der Waals surface area contributed by atoms with E-state index < -0.39 is 11.4 Å². The van der Waals surface area contributed by atoms with Crippen molar-refractivity contribution in [2.75, 3.05) is 13.1 Å². The fraction of sp³-hybridized carbons (Fsp3) is 0.923. The Morgan fingerprint density at radius 1 is 1.56 bits per heavy atom. The molecule has 1 aliphatic carbocycles. The number of carbonyl (C=O) groups is 1. The minimum atomic E-state index is -0.633. The summed E-state index contributed by atoms with van der Waals surface area (Å²) >= 11 is 0. The smallest absolute Gasteiger partial charge is 0.310 e. The Labute approximate surface area is 97.8 Å². The Morgan fingerprint density at radius 2 is 2.25 bits per heavy atom. The summed E-state index contributed by atoms with van der Waals surface area (Å²) in [7, 11) is 0. The summed E-state index contributed by atoms with van der Waals surface area (Å²) < 4.78 is 0. The van der Waals surface area contributed by atoms with Crippen LogP contribution in [0.15, 0.2) is 0 Å². The first-order valence-corrected chi connectivity index (χ1v) is 6.49. The van der Waals surface area contributed by atoms with Gasteiger partial charge in [0.25, 0.3) is 0 Å². The third kappa shape index (κ3) is 2.24. The highest BCUT2D eigenvalue weighted by molar-refractivity contribution is 5.74. The highest BCUT2D eigenvalue weighted by atomic mass is 16.4. The normalized spacial score (nSPS) is 33.6. The van der Waals surface area contributed by atoms with Crippen molar-refractivity contribution in [1.82, 2.24) is 4.90 Å². The lowest BCUT2D eigenvalue weighted by molar-refractivity contribution is -0.147. The van der Waals surface area contributed by atoms with Gasteiger partial charge in [0.15, 0.2) is 0 Å². The molecule has 92 valence electrons. The van der Waals surface area contributed by atoms with Gasteiger partial charge in [-0.2, -0.15) is 0 Å². The average molecular weight is 225 g/mol. The molecule has 2 rings (SSSR count). The van der Waals surface area contributed by atoms with E-state index in [1.807, 2.05) is 6.92 Å². The first kappa shape index (κ1) is 11.9. The maximum absolute atomic E-state index is 11.2. The highest BCUT2D eigenvalue weighted by Gasteiger charge is 2.42. The number of nitrogens with zero attached hydrogens (tertiary/aromatic N) is 1. The fourth-order valence-electron chi connectivity index (χ4n) is 2.91. The summed E-state index contributed by atoms with van der Waals surface area (Å²) in [6.07, 6.45) is 6.22. The van der Waals surface area contributed by atoms with Crippen molar-refractivity contribution in [1.29, 1.82) is 0 Å². The maximum Gasteiger partial charge on any atom is 0.310 e. The molecule has 3 heteroatoms. The first-order valence-electron chi connectivity index (χ1n) is 6.49. The van der Waals surface area contributed by atoms with Gasteiger partial charge in [-0.15, -0.1) is 0 Å². The Bertz CT molecular complexity index is 275. The molecule has 1 saturated carbocycles. The standard InChI is InChI=1S/C13H23NO2/c1-10(8-11-4-3-5-11)14-7-6-13(2,9-14)12(15)16/h10-11H,3-9H2,1-2H3,(H,15,16). The zero-order valence-electron chi connectivity index (χ0n) is 10.4. The number of carboxylic acid groups (broad SMARTS) is 1. The lowest BCUT2D eigenvalue weighted by atomic mass is 9.81. The van der Waals surface area contributed by atoms with Gasteiger partial charge in [0.05, 0.1) is 5.41 Å². The number of rotatable bonds is 4. The molecule has 2 fully saturated rings. The molecule has 0 aromatic carbocycles. The zero-order valence-corrected chi connectivity index (χ0v) is 10.4. The summed E-state index contributed by atoms with van der Waals surface area (Å²) in [5.41, 5.74) is -0.506. The largest absolute Gasteiger partial charge is 0.481 e. The van der Waals surface area contributed by atoms with Crippen LogP contribution in [0.2, 0.25) is 0 Å². The van der Waals surface area contributed by atoms with E-state index in [4.69, 9.17) is 0 Å². The molecule has 1 N–H and O–H groups in total. The van der Waals surface area contributed by atoms with E-state index in [9.17, 15) is 9.90 Å². The molecule has 3 nitrogen and oxygen atoms in total. The number of carboxylic acids is 1. The fourth-order valence-corrected chi connectivity index (χ4v) is 2.91. The molecular formula is C13H23NO2. The van der Waals surface area contributed by atoms with Crippen LogP contribution in [0, 0.1) is 11.3 Å². The van der Waals surface area contributed by atoms with Crippen LogP contribution in [0.5, 0.6) is 0 Å². The van der Waals surface area contributed by atoms with Gasteiger partial charge < -0.3 is 5.11 Å². The molecule has 0 amide bonds. The van der Waals surface area contributed by atoms with E-state index in [1.165, 1.54) is 25.7 Å². The molecule has 1 saturated heterocycles. The molecule has 0 aromatic rings. The van der Waals surface area contributed by atoms with Crippen LogP contribution in [0.4, 0.5) is 0 Å². The summed E-state index contributed by atoms with van der Waals surface area (Å²) in [6.45, 7) is 5.82. The van der Waals surface area contributed by atoms with Crippen LogP contribution in [-0.2, 0) is 4.79 Å². The van der Waals surface area contributed by atoms with Gasteiger partial charge in [-0.1, -0.05) is 19.3 Å². The van der Waals surface area contributed by atoms with Crippen molar-refractivity contribution >= 4 is 5.97 Å². The van der Waals surface area contributed by atoms with E-state index in [-0.39, 0.29) is 0 Å². The Morgan fingerprint density at radius 3 is 2.69 bits per heavy atom. The van der Waals surface area contributed by atoms with Crippen molar-refractivity contribution in [3.8, 4) is 0 Å². The predicted molar refractivity (Wildman–Crippen MR) is 63.4 cm³/mol. The summed E-state index contributed by atoms with van der Waals surface area (Å²) in [6, 6.07) is 0.562. The number of hydrogen-bond acceptors (Lipinski definition) is 2. The van der Waals surface area contributed by atoms with Gasteiger partial charge in [-0.25, -0.2) is 0 Å². The minimum absolute atomic E-state index is 0.506. The topological polar surface area (TPSA) is 40.5 Å². The lowest BCUT2D eigenvalue weighted by Gasteiger charge is -2.33.